The maximum atomic E-state index is 11.3. The predicted molar refractivity (Wildman–Crippen MR) is 64.4 cm³/mol. The van der Waals surface area contributed by atoms with Crippen molar-refractivity contribution in [3.63, 3.8) is 0 Å². The zero-order chi connectivity index (χ0) is 12.0. The van der Waals surface area contributed by atoms with Crippen molar-refractivity contribution in [2.45, 2.75) is 31.3 Å². The highest BCUT2D eigenvalue weighted by Gasteiger charge is 2.08. The number of thioether (sulfide) groups is 1. The first-order valence-corrected chi connectivity index (χ1v) is 6.36. The maximum Gasteiger partial charge on any atom is 0.232 e. The molecule has 1 aromatic rings. The van der Waals surface area contributed by atoms with Crippen molar-refractivity contribution in [2.75, 3.05) is 19.8 Å². The third-order valence-corrected chi connectivity index (χ3v) is 2.93. The van der Waals surface area contributed by atoms with Gasteiger partial charge in [0.15, 0.2) is 0 Å². The van der Waals surface area contributed by atoms with Gasteiger partial charge in [-0.15, -0.1) is 5.10 Å². The molecule has 0 radical (unpaired) electrons. The largest absolute Gasteiger partial charge is 0.348 e. The van der Waals surface area contributed by atoms with E-state index in [1.54, 1.807) is 19.0 Å². The lowest BCUT2D eigenvalue weighted by Gasteiger charge is -2.07. The summed E-state index contributed by atoms with van der Waals surface area (Å²) in [6, 6.07) is 0. The molecule has 0 aromatic carbocycles. The molecule has 0 bridgehead atoms. The molecule has 0 saturated carbocycles. The van der Waals surface area contributed by atoms with Crippen LogP contribution in [0.5, 0.6) is 0 Å². The summed E-state index contributed by atoms with van der Waals surface area (Å²) < 4.78 is 0. The Morgan fingerprint density at radius 1 is 1.50 bits per heavy atom. The van der Waals surface area contributed by atoms with Crippen LogP contribution in [0.3, 0.4) is 0 Å². The second-order valence-electron chi connectivity index (χ2n) is 3.75. The van der Waals surface area contributed by atoms with E-state index < -0.39 is 0 Å². The molecule has 0 fully saturated rings. The van der Waals surface area contributed by atoms with Crippen LogP contribution in [0.2, 0.25) is 0 Å². The molecule has 0 spiro atoms. The van der Waals surface area contributed by atoms with Crippen molar-refractivity contribution < 1.29 is 4.79 Å². The summed E-state index contributed by atoms with van der Waals surface area (Å²) >= 11 is 1.37. The molecule has 5 nitrogen and oxygen atoms in total. The molecule has 0 aliphatic rings. The molecule has 1 rings (SSSR count). The zero-order valence-electron chi connectivity index (χ0n) is 9.99. The average Bonchev–Trinajstić information content (AvgIpc) is 2.70. The number of carbonyl (C=O) groups is 1. The molecule has 0 aliphatic heterocycles. The van der Waals surface area contributed by atoms with Gasteiger partial charge in [0, 0.05) is 20.5 Å². The molecule has 0 aliphatic carbocycles. The van der Waals surface area contributed by atoms with Crippen LogP contribution in [0.15, 0.2) is 5.16 Å². The monoisotopic (exact) mass is 242 g/mol. The van der Waals surface area contributed by atoms with Gasteiger partial charge < -0.3 is 4.90 Å². The van der Waals surface area contributed by atoms with Crippen LogP contribution in [0.4, 0.5) is 0 Å². The molecule has 6 heteroatoms. The number of aromatic nitrogens is 3. The Labute approximate surface area is 100 Å². The average molecular weight is 242 g/mol. The van der Waals surface area contributed by atoms with Crippen LogP contribution in [-0.4, -0.2) is 45.8 Å². The first-order valence-electron chi connectivity index (χ1n) is 5.37. The first kappa shape index (κ1) is 13.0. The van der Waals surface area contributed by atoms with Crippen molar-refractivity contribution in [2.24, 2.45) is 0 Å². The van der Waals surface area contributed by atoms with E-state index in [0.29, 0.717) is 10.9 Å². The van der Waals surface area contributed by atoms with E-state index >= 15 is 0 Å². The lowest BCUT2D eigenvalue weighted by Crippen LogP contribution is -2.23. The predicted octanol–water partition coefficient (Wildman–Crippen LogP) is 1.33. The highest BCUT2D eigenvalue weighted by atomic mass is 32.2. The van der Waals surface area contributed by atoms with Crippen LogP contribution in [0.25, 0.3) is 0 Å². The number of H-pyrrole nitrogens is 1. The Kier molecular flexibility index (Phi) is 5.31. The lowest BCUT2D eigenvalue weighted by atomic mass is 10.2. The minimum Gasteiger partial charge on any atom is -0.348 e. The summed E-state index contributed by atoms with van der Waals surface area (Å²) in [4.78, 5) is 17.2. The van der Waals surface area contributed by atoms with Crippen LogP contribution in [0, 0.1) is 0 Å². The van der Waals surface area contributed by atoms with E-state index in [0.717, 1.165) is 25.1 Å². The summed E-state index contributed by atoms with van der Waals surface area (Å²) in [5.41, 5.74) is 0. The first-order chi connectivity index (χ1) is 7.63. The van der Waals surface area contributed by atoms with Gasteiger partial charge in [0.25, 0.3) is 0 Å². The molecule has 0 atom stereocenters. The Morgan fingerprint density at radius 2 is 2.25 bits per heavy atom. The van der Waals surface area contributed by atoms with Crippen LogP contribution in [0.1, 0.15) is 25.6 Å². The Balaban J connectivity index is 2.37. The van der Waals surface area contributed by atoms with Gasteiger partial charge in [-0.3, -0.25) is 9.89 Å². The van der Waals surface area contributed by atoms with Gasteiger partial charge in [0.1, 0.15) is 5.82 Å². The summed E-state index contributed by atoms with van der Waals surface area (Å²) in [6.45, 7) is 2.14. The van der Waals surface area contributed by atoms with E-state index in [2.05, 4.69) is 22.1 Å². The molecular weight excluding hydrogens is 224 g/mol. The minimum atomic E-state index is 0.0740. The van der Waals surface area contributed by atoms with E-state index in [4.69, 9.17) is 0 Å². The second kappa shape index (κ2) is 6.52. The van der Waals surface area contributed by atoms with Crippen molar-refractivity contribution in [3.8, 4) is 0 Å². The number of amides is 1. The second-order valence-corrected chi connectivity index (χ2v) is 4.69. The van der Waals surface area contributed by atoms with E-state index in [-0.39, 0.29) is 5.91 Å². The summed E-state index contributed by atoms with van der Waals surface area (Å²) in [7, 11) is 3.49. The molecule has 1 aromatic heterocycles. The Morgan fingerprint density at radius 3 is 2.88 bits per heavy atom. The highest BCUT2D eigenvalue weighted by molar-refractivity contribution is 7.99. The number of hydrogen-bond acceptors (Lipinski definition) is 4. The van der Waals surface area contributed by atoms with Gasteiger partial charge in [-0.2, -0.15) is 0 Å². The smallest absolute Gasteiger partial charge is 0.232 e. The SMILES string of the molecule is CCCCc1nc(SCC(=O)N(C)C)n[nH]1. The molecule has 16 heavy (non-hydrogen) atoms. The van der Waals surface area contributed by atoms with Crippen molar-refractivity contribution in [3.05, 3.63) is 5.82 Å². The zero-order valence-corrected chi connectivity index (χ0v) is 10.8. The van der Waals surface area contributed by atoms with Gasteiger partial charge in [-0.25, -0.2) is 4.98 Å². The van der Waals surface area contributed by atoms with E-state index in [9.17, 15) is 4.79 Å². The van der Waals surface area contributed by atoms with Crippen LogP contribution >= 0.6 is 11.8 Å². The Hall–Kier alpha value is -1.04. The van der Waals surface area contributed by atoms with Crippen molar-refractivity contribution in [1.29, 1.82) is 0 Å². The minimum absolute atomic E-state index is 0.0740. The van der Waals surface area contributed by atoms with E-state index in [1.807, 2.05) is 0 Å². The van der Waals surface area contributed by atoms with Gasteiger partial charge in [-0.1, -0.05) is 25.1 Å². The molecular formula is C10H18N4OS. The van der Waals surface area contributed by atoms with Gasteiger partial charge in [0.05, 0.1) is 5.75 Å². The molecule has 0 unspecified atom stereocenters. The van der Waals surface area contributed by atoms with Gasteiger partial charge >= 0.3 is 0 Å². The third kappa shape index (κ3) is 4.22. The number of unbranched alkanes of at least 4 members (excludes halogenated alkanes) is 1. The third-order valence-electron chi connectivity index (χ3n) is 2.10. The van der Waals surface area contributed by atoms with Gasteiger partial charge in [-0.05, 0) is 6.42 Å². The number of rotatable bonds is 6. The summed E-state index contributed by atoms with van der Waals surface area (Å²) in [5, 5.41) is 7.60. The molecule has 1 N–H and O–H groups in total. The highest BCUT2D eigenvalue weighted by Crippen LogP contribution is 2.13. The summed E-state index contributed by atoms with van der Waals surface area (Å²) in [5.74, 6) is 1.37. The lowest BCUT2D eigenvalue weighted by molar-refractivity contribution is -0.125. The molecule has 1 heterocycles. The molecule has 1 amide bonds. The number of nitrogens with one attached hydrogen (secondary N) is 1. The molecule has 0 saturated heterocycles. The van der Waals surface area contributed by atoms with E-state index in [1.165, 1.54) is 11.8 Å². The number of hydrogen-bond donors (Lipinski definition) is 1. The Bertz CT molecular complexity index is 337. The van der Waals surface area contributed by atoms with Crippen molar-refractivity contribution >= 4 is 17.7 Å². The quantitative estimate of drug-likeness (QED) is 0.764. The topological polar surface area (TPSA) is 61.9 Å². The van der Waals surface area contributed by atoms with Gasteiger partial charge in [0.2, 0.25) is 11.1 Å². The fourth-order valence-electron chi connectivity index (χ4n) is 1.05. The fraction of sp³-hybridized carbons (Fsp3) is 0.700. The van der Waals surface area contributed by atoms with Crippen molar-refractivity contribution in [1.82, 2.24) is 20.1 Å². The summed E-state index contributed by atoms with van der Waals surface area (Å²) in [6.07, 6.45) is 3.17. The number of aromatic amines is 1. The molecule has 90 valence electrons. The fourth-order valence-corrected chi connectivity index (χ4v) is 1.85. The van der Waals surface area contributed by atoms with Crippen LogP contribution in [-0.2, 0) is 11.2 Å². The number of aryl methyl sites for hydroxylation is 1. The standard InChI is InChI=1S/C10H18N4OS/c1-4-5-6-8-11-10(13-12-8)16-7-9(15)14(2)3/h4-7H2,1-3H3,(H,11,12,13). The normalized spacial score (nSPS) is 10.4. The number of nitrogens with zero attached hydrogens (tertiary/aromatic N) is 3. The van der Waals surface area contributed by atoms with Crippen LogP contribution < -0.4 is 0 Å². The maximum absolute atomic E-state index is 11.3. The number of carbonyl (C=O) groups excluding carboxylic acids is 1.